The summed E-state index contributed by atoms with van der Waals surface area (Å²) in [6.07, 6.45) is 1.54. The standard InChI is InChI=1S/C28H28N4O5/c1-18-16-20(19(2)31(18)22-6-4-21(5-7-22)30-12-14-37-15-13-30)17-25-26(33)29-28(35)32(27(25)34)23-8-10-24(36-3)11-9-23/h4-11,16-17H,12-15H2,1-3H3,(H,29,33,35). The molecule has 1 N–H and O–H groups in total. The van der Waals surface area contributed by atoms with Crippen LogP contribution in [-0.4, -0.2) is 55.8 Å². The number of nitrogens with zero attached hydrogens (tertiary/aromatic N) is 3. The Morgan fingerprint density at radius 2 is 1.51 bits per heavy atom. The number of barbiturate groups is 1. The summed E-state index contributed by atoms with van der Waals surface area (Å²) in [6, 6.07) is 15.9. The third kappa shape index (κ3) is 4.61. The number of rotatable bonds is 5. The number of amides is 4. The van der Waals surface area contributed by atoms with Crippen LogP contribution in [0.5, 0.6) is 5.75 Å². The van der Waals surface area contributed by atoms with Crippen LogP contribution >= 0.6 is 0 Å². The van der Waals surface area contributed by atoms with Crippen LogP contribution in [0.25, 0.3) is 11.8 Å². The fraction of sp³-hybridized carbons (Fsp3) is 0.250. The fourth-order valence-electron chi connectivity index (χ4n) is 4.74. The van der Waals surface area contributed by atoms with E-state index in [1.807, 2.05) is 19.9 Å². The molecule has 2 aliphatic heterocycles. The van der Waals surface area contributed by atoms with Crippen LogP contribution in [0.15, 0.2) is 60.2 Å². The van der Waals surface area contributed by atoms with Crippen LogP contribution < -0.4 is 19.9 Å². The molecule has 5 rings (SSSR count). The zero-order chi connectivity index (χ0) is 26.1. The Morgan fingerprint density at radius 1 is 0.892 bits per heavy atom. The summed E-state index contributed by atoms with van der Waals surface area (Å²) in [5, 5.41) is 2.27. The molecule has 0 bridgehead atoms. The Labute approximate surface area is 214 Å². The lowest BCUT2D eigenvalue weighted by Gasteiger charge is -2.29. The van der Waals surface area contributed by atoms with E-state index in [1.54, 1.807) is 30.3 Å². The SMILES string of the molecule is COc1ccc(N2C(=O)NC(=O)C(=Cc3cc(C)n(-c4ccc(N5CCOCC5)cc4)c3C)C2=O)cc1. The van der Waals surface area contributed by atoms with Crippen molar-refractivity contribution in [2.75, 3.05) is 43.2 Å². The van der Waals surface area contributed by atoms with Crippen molar-refractivity contribution in [3.8, 4) is 11.4 Å². The average Bonchev–Trinajstić information content (AvgIpc) is 3.19. The quantitative estimate of drug-likeness (QED) is 0.425. The highest BCUT2D eigenvalue weighted by atomic mass is 16.5. The van der Waals surface area contributed by atoms with E-state index in [4.69, 9.17) is 9.47 Å². The number of aromatic nitrogens is 1. The average molecular weight is 501 g/mol. The van der Waals surface area contributed by atoms with Gasteiger partial charge in [0.1, 0.15) is 11.3 Å². The molecule has 190 valence electrons. The smallest absolute Gasteiger partial charge is 0.335 e. The fourth-order valence-corrected chi connectivity index (χ4v) is 4.74. The van der Waals surface area contributed by atoms with Crippen molar-refractivity contribution in [3.63, 3.8) is 0 Å². The summed E-state index contributed by atoms with van der Waals surface area (Å²) in [6.45, 7) is 7.09. The monoisotopic (exact) mass is 500 g/mol. The molecule has 2 saturated heterocycles. The number of urea groups is 1. The molecule has 9 nitrogen and oxygen atoms in total. The van der Waals surface area contributed by atoms with E-state index in [1.165, 1.54) is 7.11 Å². The van der Waals surface area contributed by atoms with Gasteiger partial charge in [-0.25, -0.2) is 9.69 Å². The van der Waals surface area contributed by atoms with Crippen molar-refractivity contribution in [3.05, 3.63) is 77.1 Å². The van der Waals surface area contributed by atoms with E-state index in [9.17, 15) is 14.4 Å². The maximum atomic E-state index is 13.3. The molecule has 0 aliphatic carbocycles. The van der Waals surface area contributed by atoms with E-state index in [0.29, 0.717) is 11.4 Å². The maximum absolute atomic E-state index is 13.3. The number of nitrogens with one attached hydrogen (secondary N) is 1. The number of morpholine rings is 1. The van der Waals surface area contributed by atoms with Crippen LogP contribution in [0.3, 0.4) is 0 Å². The van der Waals surface area contributed by atoms with Gasteiger partial charge >= 0.3 is 6.03 Å². The van der Waals surface area contributed by atoms with Crippen molar-refractivity contribution in [1.29, 1.82) is 0 Å². The third-order valence-corrected chi connectivity index (χ3v) is 6.69. The topological polar surface area (TPSA) is 93.1 Å². The van der Waals surface area contributed by atoms with Crippen molar-refractivity contribution in [2.45, 2.75) is 13.8 Å². The molecule has 9 heteroatoms. The first-order valence-electron chi connectivity index (χ1n) is 12.0. The van der Waals surface area contributed by atoms with Gasteiger partial charge < -0.3 is 18.9 Å². The molecule has 3 aromatic rings. The Balaban J connectivity index is 1.45. The highest BCUT2D eigenvalue weighted by Crippen LogP contribution is 2.28. The minimum atomic E-state index is -0.789. The summed E-state index contributed by atoms with van der Waals surface area (Å²) in [5.41, 5.74) is 4.90. The second-order valence-corrected chi connectivity index (χ2v) is 8.93. The normalized spacial score (nSPS) is 17.4. The van der Waals surface area contributed by atoms with Gasteiger partial charge in [-0.15, -0.1) is 0 Å². The number of methoxy groups -OCH3 is 1. The minimum Gasteiger partial charge on any atom is -0.497 e. The molecule has 2 fully saturated rings. The number of imide groups is 2. The highest BCUT2D eigenvalue weighted by molar-refractivity contribution is 6.39. The zero-order valence-electron chi connectivity index (χ0n) is 21.0. The Bertz CT molecular complexity index is 1380. The van der Waals surface area contributed by atoms with E-state index >= 15 is 0 Å². The summed E-state index contributed by atoms with van der Waals surface area (Å²) in [5.74, 6) is -0.816. The molecule has 0 saturated carbocycles. The zero-order valence-corrected chi connectivity index (χ0v) is 21.0. The molecular formula is C28H28N4O5. The van der Waals surface area contributed by atoms with Crippen LogP contribution in [0, 0.1) is 13.8 Å². The molecule has 0 spiro atoms. The summed E-state index contributed by atoms with van der Waals surface area (Å²) in [7, 11) is 1.53. The van der Waals surface area contributed by atoms with E-state index in [-0.39, 0.29) is 5.57 Å². The predicted octanol–water partition coefficient (Wildman–Crippen LogP) is 3.61. The first-order valence-corrected chi connectivity index (χ1v) is 12.0. The second-order valence-electron chi connectivity index (χ2n) is 8.93. The van der Waals surface area contributed by atoms with Crippen LogP contribution in [0.4, 0.5) is 16.2 Å². The van der Waals surface area contributed by atoms with Crippen molar-refractivity contribution >= 4 is 35.3 Å². The van der Waals surface area contributed by atoms with Gasteiger partial charge in [0.25, 0.3) is 11.8 Å². The number of carbonyl (C=O) groups excluding carboxylic acids is 3. The number of hydrogen-bond acceptors (Lipinski definition) is 6. The maximum Gasteiger partial charge on any atom is 0.335 e. The Kier molecular flexibility index (Phi) is 6.54. The first-order chi connectivity index (χ1) is 17.9. The summed E-state index contributed by atoms with van der Waals surface area (Å²) < 4.78 is 12.7. The van der Waals surface area contributed by atoms with Gasteiger partial charge in [-0.3, -0.25) is 14.9 Å². The van der Waals surface area contributed by atoms with E-state index < -0.39 is 17.8 Å². The van der Waals surface area contributed by atoms with Gasteiger partial charge in [-0.1, -0.05) is 0 Å². The number of carbonyl (C=O) groups is 3. The van der Waals surface area contributed by atoms with Gasteiger partial charge in [-0.05, 0) is 80.1 Å². The molecule has 37 heavy (non-hydrogen) atoms. The summed E-state index contributed by atoms with van der Waals surface area (Å²) in [4.78, 5) is 41.7. The number of hydrogen-bond donors (Lipinski definition) is 1. The number of ether oxygens (including phenoxy) is 2. The predicted molar refractivity (Wildman–Crippen MR) is 140 cm³/mol. The number of aryl methyl sites for hydroxylation is 1. The molecule has 0 unspecified atom stereocenters. The van der Waals surface area contributed by atoms with Crippen molar-refractivity contribution < 1.29 is 23.9 Å². The molecule has 2 aliphatic rings. The van der Waals surface area contributed by atoms with Crippen LogP contribution in [0.1, 0.15) is 17.0 Å². The number of anilines is 2. The van der Waals surface area contributed by atoms with Crippen LogP contribution in [-0.2, 0) is 14.3 Å². The molecule has 4 amide bonds. The highest BCUT2D eigenvalue weighted by Gasteiger charge is 2.37. The number of benzene rings is 2. The van der Waals surface area contributed by atoms with Crippen LogP contribution in [0.2, 0.25) is 0 Å². The van der Waals surface area contributed by atoms with Gasteiger partial charge in [-0.2, -0.15) is 0 Å². The van der Waals surface area contributed by atoms with E-state index in [2.05, 4.69) is 39.0 Å². The first kappa shape index (κ1) is 24.3. The Hall–Kier alpha value is -4.37. The van der Waals surface area contributed by atoms with Crippen molar-refractivity contribution in [1.82, 2.24) is 9.88 Å². The van der Waals surface area contributed by atoms with E-state index in [0.717, 1.165) is 59.5 Å². The molecule has 2 aromatic carbocycles. The molecule has 0 atom stereocenters. The third-order valence-electron chi connectivity index (χ3n) is 6.69. The summed E-state index contributed by atoms with van der Waals surface area (Å²) >= 11 is 0. The lowest BCUT2D eigenvalue weighted by atomic mass is 10.1. The van der Waals surface area contributed by atoms with Gasteiger partial charge in [0.2, 0.25) is 0 Å². The van der Waals surface area contributed by atoms with Crippen molar-refractivity contribution in [2.24, 2.45) is 0 Å². The van der Waals surface area contributed by atoms with Gasteiger partial charge in [0.05, 0.1) is 26.0 Å². The molecular weight excluding hydrogens is 472 g/mol. The molecule has 1 aromatic heterocycles. The second kappa shape index (κ2) is 9.94. The minimum absolute atomic E-state index is 0.113. The molecule has 3 heterocycles. The lowest BCUT2D eigenvalue weighted by molar-refractivity contribution is -0.122. The Morgan fingerprint density at radius 3 is 2.16 bits per heavy atom. The molecule has 0 radical (unpaired) electrons. The van der Waals surface area contributed by atoms with Gasteiger partial charge in [0, 0.05) is 35.9 Å². The van der Waals surface area contributed by atoms with Gasteiger partial charge in [0.15, 0.2) is 0 Å². The lowest BCUT2D eigenvalue weighted by Crippen LogP contribution is -2.54. The largest absolute Gasteiger partial charge is 0.497 e.